The molecule has 1 rings (SSSR count). The molecule has 0 saturated carbocycles. The molecule has 3 heteroatoms. The topological polar surface area (TPSA) is 30.5 Å². The lowest BCUT2D eigenvalue weighted by molar-refractivity contribution is 0.287. The maximum atomic E-state index is 5.66. The molecule has 0 bridgehead atoms. The van der Waals surface area contributed by atoms with E-state index in [4.69, 9.17) is 9.47 Å². The number of hydrogen-bond acceptors (Lipinski definition) is 3. The summed E-state index contributed by atoms with van der Waals surface area (Å²) in [4.78, 5) is 0. The molecule has 0 spiro atoms. The molecule has 0 fully saturated rings. The molecule has 120 valence electrons. The lowest BCUT2D eigenvalue weighted by Gasteiger charge is -2.12. The molecule has 0 aliphatic heterocycles. The Balaban J connectivity index is 2.39. The molecule has 3 nitrogen and oxygen atoms in total. The molecular formula is C18H31NO2. The third-order valence-electron chi connectivity index (χ3n) is 3.23. The van der Waals surface area contributed by atoms with E-state index in [2.05, 4.69) is 31.3 Å². The third kappa shape index (κ3) is 7.37. The van der Waals surface area contributed by atoms with Crippen LogP contribution in [0.5, 0.6) is 11.5 Å². The second-order valence-corrected chi connectivity index (χ2v) is 5.70. The molecule has 0 radical (unpaired) electrons. The van der Waals surface area contributed by atoms with Crippen molar-refractivity contribution in [3.05, 3.63) is 23.8 Å². The molecule has 1 aromatic rings. The van der Waals surface area contributed by atoms with Crippen molar-refractivity contribution < 1.29 is 9.47 Å². The van der Waals surface area contributed by atoms with E-state index in [-0.39, 0.29) is 0 Å². The second-order valence-electron chi connectivity index (χ2n) is 5.70. The standard InChI is InChI=1S/C18H31NO2/c1-5-20-17-11-10-16(13-18(17)21-6-2)9-7-8-12-19-14-15(3)4/h10-11,13,15,19H,5-9,12,14H2,1-4H3. The van der Waals surface area contributed by atoms with Crippen molar-refractivity contribution in [1.29, 1.82) is 0 Å². The molecule has 1 aromatic carbocycles. The van der Waals surface area contributed by atoms with E-state index in [9.17, 15) is 0 Å². The van der Waals surface area contributed by atoms with Crippen LogP contribution < -0.4 is 14.8 Å². The van der Waals surface area contributed by atoms with E-state index >= 15 is 0 Å². The number of unbranched alkanes of at least 4 members (excludes halogenated alkanes) is 1. The maximum absolute atomic E-state index is 5.66. The fourth-order valence-electron chi connectivity index (χ4n) is 2.22. The van der Waals surface area contributed by atoms with Gasteiger partial charge in [0.1, 0.15) is 0 Å². The van der Waals surface area contributed by atoms with Crippen molar-refractivity contribution in [1.82, 2.24) is 5.32 Å². The summed E-state index contributed by atoms with van der Waals surface area (Å²) in [5, 5.41) is 3.48. The van der Waals surface area contributed by atoms with Crippen LogP contribution in [0.25, 0.3) is 0 Å². The Morgan fingerprint density at radius 1 is 1.00 bits per heavy atom. The maximum Gasteiger partial charge on any atom is 0.161 e. The van der Waals surface area contributed by atoms with Gasteiger partial charge in [-0.3, -0.25) is 0 Å². The molecule has 0 heterocycles. The van der Waals surface area contributed by atoms with Gasteiger partial charge in [-0.25, -0.2) is 0 Å². The Hall–Kier alpha value is -1.22. The second kappa shape index (κ2) is 10.5. The van der Waals surface area contributed by atoms with Crippen LogP contribution in [0.15, 0.2) is 18.2 Å². The average Bonchev–Trinajstić information content (AvgIpc) is 2.45. The van der Waals surface area contributed by atoms with Crippen molar-refractivity contribution in [3.63, 3.8) is 0 Å². The zero-order chi connectivity index (χ0) is 15.5. The van der Waals surface area contributed by atoms with Gasteiger partial charge in [-0.15, -0.1) is 0 Å². The Morgan fingerprint density at radius 3 is 2.38 bits per heavy atom. The van der Waals surface area contributed by atoms with Crippen molar-refractivity contribution >= 4 is 0 Å². The highest BCUT2D eigenvalue weighted by atomic mass is 16.5. The van der Waals surface area contributed by atoms with Gasteiger partial charge in [0, 0.05) is 0 Å². The summed E-state index contributed by atoms with van der Waals surface area (Å²) in [6.45, 7) is 12.0. The highest BCUT2D eigenvalue weighted by molar-refractivity contribution is 5.43. The van der Waals surface area contributed by atoms with Crippen LogP contribution in [0.4, 0.5) is 0 Å². The van der Waals surface area contributed by atoms with Crippen LogP contribution in [0, 0.1) is 5.92 Å². The first kappa shape index (κ1) is 17.8. The van der Waals surface area contributed by atoms with Crippen molar-refractivity contribution in [2.45, 2.75) is 47.0 Å². The van der Waals surface area contributed by atoms with Gasteiger partial charge in [0.15, 0.2) is 11.5 Å². The zero-order valence-corrected chi connectivity index (χ0v) is 14.1. The SMILES string of the molecule is CCOc1ccc(CCCCNCC(C)C)cc1OCC. The van der Waals surface area contributed by atoms with E-state index in [1.807, 2.05) is 19.9 Å². The summed E-state index contributed by atoms with van der Waals surface area (Å²) in [7, 11) is 0. The van der Waals surface area contributed by atoms with Crippen LogP contribution in [-0.2, 0) is 6.42 Å². The zero-order valence-electron chi connectivity index (χ0n) is 14.1. The van der Waals surface area contributed by atoms with Gasteiger partial charge < -0.3 is 14.8 Å². The van der Waals surface area contributed by atoms with E-state index in [1.54, 1.807) is 0 Å². The smallest absolute Gasteiger partial charge is 0.161 e. The minimum atomic E-state index is 0.668. The molecule has 0 amide bonds. The van der Waals surface area contributed by atoms with Crippen LogP contribution in [0.2, 0.25) is 0 Å². The van der Waals surface area contributed by atoms with Gasteiger partial charge in [-0.1, -0.05) is 19.9 Å². The van der Waals surface area contributed by atoms with Gasteiger partial charge in [0.25, 0.3) is 0 Å². The van der Waals surface area contributed by atoms with Crippen molar-refractivity contribution in [2.24, 2.45) is 5.92 Å². The summed E-state index contributed by atoms with van der Waals surface area (Å²) in [5.41, 5.74) is 1.32. The summed E-state index contributed by atoms with van der Waals surface area (Å²) in [6.07, 6.45) is 3.50. The predicted octanol–water partition coefficient (Wildman–Crippen LogP) is 4.05. The number of nitrogens with one attached hydrogen (secondary N) is 1. The first-order chi connectivity index (χ1) is 10.2. The quantitative estimate of drug-likeness (QED) is 0.624. The van der Waals surface area contributed by atoms with Gasteiger partial charge in [0.05, 0.1) is 13.2 Å². The molecule has 0 saturated heterocycles. The van der Waals surface area contributed by atoms with E-state index in [1.165, 1.54) is 18.4 Å². The number of rotatable bonds is 11. The van der Waals surface area contributed by atoms with E-state index < -0.39 is 0 Å². The van der Waals surface area contributed by atoms with Crippen LogP contribution in [0.3, 0.4) is 0 Å². The molecule has 0 aromatic heterocycles. The largest absolute Gasteiger partial charge is 0.490 e. The van der Waals surface area contributed by atoms with Crippen LogP contribution in [-0.4, -0.2) is 26.3 Å². The van der Waals surface area contributed by atoms with E-state index in [0.29, 0.717) is 13.2 Å². The summed E-state index contributed by atoms with van der Waals surface area (Å²) >= 11 is 0. The summed E-state index contributed by atoms with van der Waals surface area (Å²) < 4.78 is 11.3. The molecule has 21 heavy (non-hydrogen) atoms. The Bertz CT molecular complexity index is 391. The highest BCUT2D eigenvalue weighted by Gasteiger charge is 2.06. The molecule has 0 atom stereocenters. The van der Waals surface area contributed by atoms with Crippen LogP contribution >= 0.6 is 0 Å². The molecule has 0 unspecified atom stereocenters. The van der Waals surface area contributed by atoms with Gasteiger partial charge in [-0.05, 0) is 69.8 Å². The fraction of sp³-hybridized carbons (Fsp3) is 0.667. The van der Waals surface area contributed by atoms with Crippen molar-refractivity contribution in [2.75, 3.05) is 26.3 Å². The number of hydrogen-bond donors (Lipinski definition) is 1. The fourth-order valence-corrected chi connectivity index (χ4v) is 2.22. The minimum absolute atomic E-state index is 0.668. The van der Waals surface area contributed by atoms with Gasteiger partial charge in [-0.2, -0.15) is 0 Å². The third-order valence-corrected chi connectivity index (χ3v) is 3.23. The lowest BCUT2D eigenvalue weighted by Crippen LogP contribution is -2.20. The molecule has 0 aliphatic carbocycles. The first-order valence-corrected chi connectivity index (χ1v) is 8.26. The monoisotopic (exact) mass is 293 g/mol. The number of ether oxygens (including phenoxy) is 2. The number of aryl methyl sites for hydroxylation is 1. The number of benzene rings is 1. The minimum Gasteiger partial charge on any atom is -0.490 e. The summed E-state index contributed by atoms with van der Waals surface area (Å²) in [5.74, 6) is 2.45. The average molecular weight is 293 g/mol. The first-order valence-electron chi connectivity index (χ1n) is 8.26. The predicted molar refractivity (Wildman–Crippen MR) is 89.4 cm³/mol. The molecule has 1 N–H and O–H groups in total. The van der Waals surface area contributed by atoms with Crippen LogP contribution in [0.1, 0.15) is 46.1 Å². The Morgan fingerprint density at radius 2 is 1.71 bits per heavy atom. The molecular weight excluding hydrogens is 262 g/mol. The highest BCUT2D eigenvalue weighted by Crippen LogP contribution is 2.29. The normalized spacial score (nSPS) is 10.9. The lowest BCUT2D eigenvalue weighted by atomic mass is 10.1. The Labute approximate surface area is 130 Å². The van der Waals surface area contributed by atoms with Crippen molar-refractivity contribution in [3.8, 4) is 11.5 Å². The Kier molecular flexibility index (Phi) is 8.91. The van der Waals surface area contributed by atoms with E-state index in [0.717, 1.165) is 36.9 Å². The van der Waals surface area contributed by atoms with Gasteiger partial charge in [0.2, 0.25) is 0 Å². The molecule has 0 aliphatic rings. The summed E-state index contributed by atoms with van der Waals surface area (Å²) in [6, 6.07) is 6.30. The van der Waals surface area contributed by atoms with Gasteiger partial charge >= 0.3 is 0 Å².